The molecule has 0 N–H and O–H groups in total. The molecule has 0 saturated heterocycles. The lowest BCUT2D eigenvalue weighted by Crippen LogP contribution is -2.26. The number of hydrogen-bond donors (Lipinski definition) is 0. The number of allylic oxidation sites excluding steroid dienone is 4. The zero-order chi connectivity index (χ0) is 19.3. The Labute approximate surface area is 161 Å². The molecule has 0 spiro atoms. The van der Waals surface area contributed by atoms with Crippen molar-refractivity contribution >= 4 is 5.78 Å². The fourth-order valence-corrected chi connectivity index (χ4v) is 3.73. The Morgan fingerprint density at radius 3 is 2.30 bits per heavy atom. The first-order valence-corrected chi connectivity index (χ1v) is 9.80. The number of carbonyl (C=O) groups is 1. The van der Waals surface area contributed by atoms with Gasteiger partial charge in [0.1, 0.15) is 11.6 Å². The van der Waals surface area contributed by atoms with Crippen LogP contribution in [0, 0.1) is 11.2 Å². The maximum atomic E-state index is 14.8. The molecule has 0 fully saturated rings. The third-order valence-electron chi connectivity index (χ3n) is 5.52. The molecule has 2 heteroatoms. The number of Topliss-reactive ketones (excluding diaryl/α,β-unsaturated/α-hetero) is 1. The first-order valence-electron chi connectivity index (χ1n) is 9.80. The Morgan fingerprint density at radius 2 is 1.70 bits per heavy atom. The van der Waals surface area contributed by atoms with Crippen LogP contribution in [0.4, 0.5) is 4.39 Å². The Bertz CT molecular complexity index is 834. The van der Waals surface area contributed by atoms with Crippen LogP contribution in [-0.2, 0) is 4.79 Å². The number of rotatable bonds is 7. The molecule has 0 unspecified atom stereocenters. The molecule has 1 nitrogen and oxygen atoms in total. The monoisotopic (exact) mass is 362 g/mol. The van der Waals surface area contributed by atoms with Gasteiger partial charge in [0.05, 0.1) is 5.41 Å². The van der Waals surface area contributed by atoms with Gasteiger partial charge in [-0.15, -0.1) is 0 Å². The van der Waals surface area contributed by atoms with E-state index in [1.54, 1.807) is 13.0 Å². The van der Waals surface area contributed by atoms with Gasteiger partial charge in [-0.25, -0.2) is 4.39 Å². The summed E-state index contributed by atoms with van der Waals surface area (Å²) in [6, 6.07) is 15.2. The third-order valence-corrected chi connectivity index (χ3v) is 5.52. The molecule has 27 heavy (non-hydrogen) atoms. The maximum Gasteiger partial charge on any atom is 0.143 e. The summed E-state index contributed by atoms with van der Waals surface area (Å²) in [7, 11) is 0. The third kappa shape index (κ3) is 4.27. The zero-order valence-corrected chi connectivity index (χ0v) is 16.1. The number of hydrogen-bond acceptors (Lipinski definition) is 1. The first-order chi connectivity index (χ1) is 13.1. The van der Waals surface area contributed by atoms with Crippen LogP contribution in [0.2, 0.25) is 0 Å². The van der Waals surface area contributed by atoms with Gasteiger partial charge >= 0.3 is 0 Å². The van der Waals surface area contributed by atoms with Crippen LogP contribution in [0.3, 0.4) is 0 Å². The van der Waals surface area contributed by atoms with E-state index in [0.29, 0.717) is 5.56 Å². The molecule has 0 heterocycles. The first kappa shape index (κ1) is 19.3. The summed E-state index contributed by atoms with van der Waals surface area (Å²) in [4.78, 5) is 12.3. The van der Waals surface area contributed by atoms with Gasteiger partial charge in [0.15, 0.2) is 0 Å². The normalized spacial score (nSPS) is 21.4. The number of carbonyl (C=O) groups excluding carboxylic acids is 1. The molecule has 140 valence electrons. The van der Waals surface area contributed by atoms with Crippen LogP contribution < -0.4 is 0 Å². The lowest BCUT2D eigenvalue weighted by atomic mass is 9.74. The summed E-state index contributed by atoms with van der Waals surface area (Å²) in [5.41, 5.74) is 2.00. The highest BCUT2D eigenvalue weighted by molar-refractivity contribution is 5.87. The van der Waals surface area contributed by atoms with E-state index in [9.17, 15) is 9.18 Å². The zero-order valence-electron chi connectivity index (χ0n) is 16.1. The van der Waals surface area contributed by atoms with Crippen LogP contribution in [0.15, 0.2) is 72.8 Å². The molecule has 3 rings (SSSR count). The number of halogens is 1. The molecule has 0 aliphatic heterocycles. The van der Waals surface area contributed by atoms with E-state index < -0.39 is 5.41 Å². The lowest BCUT2D eigenvalue weighted by molar-refractivity contribution is -0.122. The van der Waals surface area contributed by atoms with Crippen LogP contribution in [0.1, 0.15) is 51.0 Å². The molecule has 0 amide bonds. The van der Waals surface area contributed by atoms with Crippen molar-refractivity contribution in [1.29, 1.82) is 0 Å². The Morgan fingerprint density at radius 1 is 1.00 bits per heavy atom. The van der Waals surface area contributed by atoms with Gasteiger partial charge in [-0.05, 0) is 36.1 Å². The Balaban J connectivity index is 1.80. The van der Waals surface area contributed by atoms with E-state index in [1.807, 2.05) is 66.8 Å². The van der Waals surface area contributed by atoms with Crippen molar-refractivity contribution in [2.24, 2.45) is 5.41 Å². The molecule has 0 bridgehead atoms. The van der Waals surface area contributed by atoms with E-state index in [2.05, 4.69) is 6.92 Å². The highest BCUT2D eigenvalue weighted by Gasteiger charge is 2.32. The molecule has 1 aliphatic carbocycles. The van der Waals surface area contributed by atoms with Gasteiger partial charge in [-0.1, -0.05) is 93.0 Å². The second-order valence-electron chi connectivity index (χ2n) is 7.40. The van der Waals surface area contributed by atoms with E-state index >= 15 is 0 Å². The Hall–Kier alpha value is -2.48. The van der Waals surface area contributed by atoms with Gasteiger partial charge in [-0.2, -0.15) is 0 Å². The second-order valence-corrected chi connectivity index (χ2v) is 7.40. The average molecular weight is 362 g/mol. The van der Waals surface area contributed by atoms with Crippen molar-refractivity contribution < 1.29 is 9.18 Å². The number of unbranched alkanes of at least 4 members (excludes halogenated alkanes) is 2. The quantitative estimate of drug-likeness (QED) is 0.388. The largest absolute Gasteiger partial charge is 0.299 e. The molecule has 0 aromatic heterocycles. The minimum Gasteiger partial charge on any atom is -0.299 e. The lowest BCUT2D eigenvalue weighted by Gasteiger charge is -2.29. The SMILES string of the molecule is CCCCCC1(C(C)=O)C=CC(c2ccc(-c3ccccc3)cc2F)C=C1. The van der Waals surface area contributed by atoms with Crippen molar-refractivity contribution in [3.05, 3.63) is 84.2 Å². The van der Waals surface area contributed by atoms with Crippen molar-refractivity contribution in [1.82, 2.24) is 0 Å². The fraction of sp³-hybridized carbons (Fsp3) is 0.320. The highest BCUT2D eigenvalue weighted by atomic mass is 19.1. The summed E-state index contributed by atoms with van der Waals surface area (Å²) < 4.78 is 14.8. The molecule has 0 atom stereocenters. The van der Waals surface area contributed by atoms with Crippen molar-refractivity contribution in [3.8, 4) is 11.1 Å². The number of benzene rings is 2. The van der Waals surface area contributed by atoms with Gasteiger partial charge in [-0.3, -0.25) is 4.79 Å². The predicted molar refractivity (Wildman–Crippen MR) is 110 cm³/mol. The summed E-state index contributed by atoms with van der Waals surface area (Å²) >= 11 is 0. The Kier molecular flexibility index (Phi) is 6.05. The van der Waals surface area contributed by atoms with Crippen LogP contribution in [-0.4, -0.2) is 5.78 Å². The topological polar surface area (TPSA) is 17.1 Å². The van der Waals surface area contributed by atoms with E-state index in [1.165, 1.54) is 0 Å². The molecule has 1 aliphatic rings. The van der Waals surface area contributed by atoms with Gasteiger partial charge in [0, 0.05) is 5.92 Å². The molecule has 2 aromatic rings. The van der Waals surface area contributed by atoms with Gasteiger partial charge in [0.2, 0.25) is 0 Å². The molecule has 0 radical (unpaired) electrons. The summed E-state index contributed by atoms with van der Waals surface area (Å²) in [6.45, 7) is 3.81. The smallest absolute Gasteiger partial charge is 0.143 e. The van der Waals surface area contributed by atoms with Crippen LogP contribution in [0.25, 0.3) is 11.1 Å². The van der Waals surface area contributed by atoms with Crippen molar-refractivity contribution in [2.75, 3.05) is 0 Å². The van der Waals surface area contributed by atoms with Gasteiger partial charge in [0.25, 0.3) is 0 Å². The van der Waals surface area contributed by atoms with Crippen molar-refractivity contribution in [3.63, 3.8) is 0 Å². The molecular formula is C25H27FO. The van der Waals surface area contributed by atoms with Crippen LogP contribution in [0.5, 0.6) is 0 Å². The van der Waals surface area contributed by atoms with E-state index in [4.69, 9.17) is 0 Å². The van der Waals surface area contributed by atoms with Crippen molar-refractivity contribution in [2.45, 2.75) is 45.4 Å². The second kappa shape index (κ2) is 8.47. The summed E-state index contributed by atoms with van der Waals surface area (Å²) in [6.07, 6.45) is 12.0. The van der Waals surface area contributed by atoms with E-state index in [-0.39, 0.29) is 17.5 Å². The molecule has 0 saturated carbocycles. The van der Waals surface area contributed by atoms with Crippen LogP contribution >= 0.6 is 0 Å². The standard InChI is InChI=1S/C25H27FO/c1-3-4-8-15-25(19(2)27)16-13-21(14-17-25)23-12-11-22(18-24(23)26)20-9-6-5-7-10-20/h5-7,9-14,16-18,21H,3-4,8,15H2,1-2H3. The summed E-state index contributed by atoms with van der Waals surface area (Å²) in [5.74, 6) is -0.185. The van der Waals surface area contributed by atoms with Gasteiger partial charge < -0.3 is 0 Å². The number of ketones is 1. The predicted octanol–water partition coefficient (Wildman–Crippen LogP) is 6.86. The maximum absolute atomic E-state index is 14.8. The summed E-state index contributed by atoms with van der Waals surface area (Å²) in [5, 5.41) is 0. The van der Waals surface area contributed by atoms with E-state index in [0.717, 1.165) is 36.8 Å². The highest BCUT2D eigenvalue weighted by Crippen LogP contribution is 2.38. The minimum atomic E-state index is -0.522. The fourth-order valence-electron chi connectivity index (χ4n) is 3.73. The minimum absolute atomic E-state index is 0.131. The average Bonchev–Trinajstić information content (AvgIpc) is 2.69. The molecule has 2 aromatic carbocycles. The molecular weight excluding hydrogens is 335 g/mol.